The fourth-order valence-corrected chi connectivity index (χ4v) is 2.68. The minimum atomic E-state index is -0.284. The zero-order valence-corrected chi connectivity index (χ0v) is 12.9. The highest BCUT2D eigenvalue weighted by atomic mass is 79.9. The van der Waals surface area contributed by atoms with E-state index in [0.29, 0.717) is 10.0 Å². The first-order chi connectivity index (χ1) is 8.50. The van der Waals surface area contributed by atoms with Crippen LogP contribution in [-0.4, -0.2) is 0 Å². The molecule has 0 fully saturated rings. The lowest BCUT2D eigenvalue weighted by atomic mass is 9.96. The molecule has 0 aromatic heterocycles. The predicted octanol–water partition coefficient (Wildman–Crippen LogP) is 5.11. The summed E-state index contributed by atoms with van der Waals surface area (Å²) in [5.41, 5.74) is 9.29. The van der Waals surface area contributed by atoms with Crippen LogP contribution in [0.4, 0.5) is 0 Å². The van der Waals surface area contributed by atoms with Crippen LogP contribution in [0.2, 0.25) is 10.0 Å². The van der Waals surface area contributed by atoms with Gasteiger partial charge in [0.25, 0.3) is 0 Å². The summed E-state index contributed by atoms with van der Waals surface area (Å²) in [5.74, 6) is 0. The first-order valence-corrected chi connectivity index (χ1v) is 7.01. The van der Waals surface area contributed by atoms with Crippen molar-refractivity contribution in [2.45, 2.75) is 13.0 Å². The van der Waals surface area contributed by atoms with E-state index in [4.69, 9.17) is 28.9 Å². The Hall–Kier alpha value is -0.540. The van der Waals surface area contributed by atoms with Crippen LogP contribution < -0.4 is 5.73 Å². The minimum Gasteiger partial charge on any atom is -0.320 e. The summed E-state index contributed by atoms with van der Waals surface area (Å²) in [5, 5.41) is 1.04. The highest BCUT2D eigenvalue weighted by Gasteiger charge is 2.16. The zero-order valence-electron chi connectivity index (χ0n) is 9.75. The molecule has 0 spiro atoms. The third kappa shape index (κ3) is 2.72. The molecule has 2 aromatic rings. The molecule has 0 aliphatic heterocycles. The number of benzene rings is 2. The quantitative estimate of drug-likeness (QED) is 0.804. The van der Waals surface area contributed by atoms with E-state index in [-0.39, 0.29) is 6.04 Å². The van der Waals surface area contributed by atoms with Crippen LogP contribution in [0.15, 0.2) is 40.9 Å². The van der Waals surface area contributed by atoms with Crippen molar-refractivity contribution >= 4 is 39.1 Å². The maximum Gasteiger partial charge on any atom is 0.0643 e. The molecule has 0 saturated heterocycles. The Bertz CT molecular complexity index is 582. The molecular formula is C14H12BrCl2N. The molecule has 94 valence electrons. The summed E-state index contributed by atoms with van der Waals surface area (Å²) in [7, 11) is 0. The summed E-state index contributed by atoms with van der Waals surface area (Å²) < 4.78 is 0.997. The molecule has 4 heteroatoms. The number of nitrogens with two attached hydrogens (primary N) is 1. The van der Waals surface area contributed by atoms with Gasteiger partial charge in [-0.3, -0.25) is 0 Å². The van der Waals surface area contributed by atoms with Crippen LogP contribution in [0.5, 0.6) is 0 Å². The summed E-state index contributed by atoms with van der Waals surface area (Å²) in [4.78, 5) is 0. The first kappa shape index (κ1) is 13.9. The Morgan fingerprint density at radius 2 is 1.83 bits per heavy atom. The van der Waals surface area contributed by atoms with E-state index in [9.17, 15) is 0 Å². The van der Waals surface area contributed by atoms with Crippen molar-refractivity contribution in [1.82, 2.24) is 0 Å². The molecule has 1 atom stereocenters. The van der Waals surface area contributed by atoms with Crippen LogP contribution in [0.3, 0.4) is 0 Å². The smallest absolute Gasteiger partial charge is 0.0643 e. The molecule has 0 radical (unpaired) electrons. The number of hydrogen-bond acceptors (Lipinski definition) is 1. The lowest BCUT2D eigenvalue weighted by Gasteiger charge is -2.17. The lowest BCUT2D eigenvalue weighted by molar-refractivity contribution is 0.861. The van der Waals surface area contributed by atoms with Crippen molar-refractivity contribution in [1.29, 1.82) is 0 Å². The van der Waals surface area contributed by atoms with Crippen molar-refractivity contribution in [2.75, 3.05) is 0 Å². The number of rotatable bonds is 2. The molecule has 2 aromatic carbocycles. The van der Waals surface area contributed by atoms with E-state index in [1.165, 1.54) is 0 Å². The van der Waals surface area contributed by atoms with Gasteiger partial charge in [0.1, 0.15) is 0 Å². The molecule has 0 bridgehead atoms. The van der Waals surface area contributed by atoms with E-state index in [1.807, 2.05) is 37.3 Å². The highest BCUT2D eigenvalue weighted by Crippen LogP contribution is 2.33. The van der Waals surface area contributed by atoms with Crippen LogP contribution in [0, 0.1) is 6.92 Å². The Morgan fingerprint density at radius 3 is 2.56 bits per heavy atom. The second-order valence-electron chi connectivity index (χ2n) is 4.12. The highest BCUT2D eigenvalue weighted by molar-refractivity contribution is 9.10. The molecular weight excluding hydrogens is 333 g/mol. The van der Waals surface area contributed by atoms with Gasteiger partial charge in [0.05, 0.1) is 16.1 Å². The van der Waals surface area contributed by atoms with E-state index in [2.05, 4.69) is 15.9 Å². The fourth-order valence-electron chi connectivity index (χ4n) is 1.87. The summed E-state index contributed by atoms with van der Waals surface area (Å²) in [6.45, 7) is 2.03. The predicted molar refractivity (Wildman–Crippen MR) is 81.4 cm³/mol. The molecule has 0 amide bonds. The summed E-state index contributed by atoms with van der Waals surface area (Å²) in [6, 6.07) is 11.3. The molecule has 2 N–H and O–H groups in total. The molecule has 0 saturated carbocycles. The zero-order chi connectivity index (χ0) is 13.3. The Morgan fingerprint density at radius 1 is 1.11 bits per heavy atom. The Labute approximate surface area is 125 Å². The number of aryl methyl sites for hydroxylation is 1. The second kappa shape index (κ2) is 5.62. The van der Waals surface area contributed by atoms with Crippen LogP contribution in [0.1, 0.15) is 22.7 Å². The van der Waals surface area contributed by atoms with Gasteiger partial charge >= 0.3 is 0 Å². The fraction of sp³-hybridized carbons (Fsp3) is 0.143. The van der Waals surface area contributed by atoms with Crippen LogP contribution in [0.25, 0.3) is 0 Å². The third-order valence-corrected chi connectivity index (χ3v) is 4.22. The average molecular weight is 345 g/mol. The summed E-state index contributed by atoms with van der Waals surface area (Å²) in [6.07, 6.45) is 0. The second-order valence-corrected chi connectivity index (χ2v) is 5.82. The van der Waals surface area contributed by atoms with Gasteiger partial charge in [-0.1, -0.05) is 57.3 Å². The van der Waals surface area contributed by atoms with Crippen molar-refractivity contribution in [3.8, 4) is 0 Å². The van der Waals surface area contributed by atoms with Gasteiger partial charge in [0.15, 0.2) is 0 Å². The molecule has 1 unspecified atom stereocenters. The largest absolute Gasteiger partial charge is 0.320 e. The maximum atomic E-state index is 6.29. The lowest BCUT2D eigenvalue weighted by Crippen LogP contribution is -2.14. The van der Waals surface area contributed by atoms with Gasteiger partial charge in [-0.2, -0.15) is 0 Å². The number of halogens is 3. The first-order valence-electron chi connectivity index (χ1n) is 5.46. The molecule has 0 aliphatic carbocycles. The van der Waals surface area contributed by atoms with Crippen molar-refractivity contribution in [3.63, 3.8) is 0 Å². The van der Waals surface area contributed by atoms with E-state index < -0.39 is 0 Å². The molecule has 0 aliphatic rings. The molecule has 0 heterocycles. The molecule has 1 nitrogen and oxygen atoms in total. The standard InChI is InChI=1S/C14H12BrCl2N/c1-8-5-6-9(15)7-11(8)14(18)10-3-2-4-12(16)13(10)17/h2-7,14H,18H2,1H3. The van der Waals surface area contributed by atoms with Crippen LogP contribution in [-0.2, 0) is 0 Å². The Kier molecular flexibility index (Phi) is 4.33. The van der Waals surface area contributed by atoms with Gasteiger partial charge < -0.3 is 5.73 Å². The average Bonchev–Trinajstić information content (AvgIpc) is 2.35. The van der Waals surface area contributed by atoms with Gasteiger partial charge in [-0.15, -0.1) is 0 Å². The normalized spacial score (nSPS) is 12.5. The monoisotopic (exact) mass is 343 g/mol. The van der Waals surface area contributed by atoms with E-state index in [1.54, 1.807) is 6.07 Å². The number of hydrogen-bond donors (Lipinski definition) is 1. The topological polar surface area (TPSA) is 26.0 Å². The van der Waals surface area contributed by atoms with Crippen molar-refractivity contribution in [2.24, 2.45) is 5.73 Å². The van der Waals surface area contributed by atoms with E-state index >= 15 is 0 Å². The summed E-state index contributed by atoms with van der Waals surface area (Å²) >= 11 is 15.7. The molecule has 18 heavy (non-hydrogen) atoms. The van der Waals surface area contributed by atoms with Gasteiger partial charge in [-0.05, 0) is 41.8 Å². The van der Waals surface area contributed by atoms with Crippen LogP contribution >= 0.6 is 39.1 Å². The third-order valence-electron chi connectivity index (χ3n) is 2.89. The van der Waals surface area contributed by atoms with Gasteiger partial charge in [0.2, 0.25) is 0 Å². The van der Waals surface area contributed by atoms with Gasteiger partial charge in [-0.25, -0.2) is 0 Å². The van der Waals surface area contributed by atoms with Crippen molar-refractivity contribution in [3.05, 3.63) is 67.6 Å². The van der Waals surface area contributed by atoms with E-state index in [0.717, 1.165) is 21.2 Å². The van der Waals surface area contributed by atoms with Crippen molar-refractivity contribution < 1.29 is 0 Å². The maximum absolute atomic E-state index is 6.29. The van der Waals surface area contributed by atoms with Gasteiger partial charge in [0, 0.05) is 4.47 Å². The SMILES string of the molecule is Cc1ccc(Br)cc1C(N)c1cccc(Cl)c1Cl. The molecule has 2 rings (SSSR count). The minimum absolute atomic E-state index is 0.284. The Balaban J connectivity index is 2.51.